The number of hydrogen-bond acceptors (Lipinski definition) is 0. The minimum absolute atomic E-state index is 0.202. The van der Waals surface area contributed by atoms with Gasteiger partial charge in [0, 0.05) is 191 Å². The molecule has 10 aromatic carbocycles. The van der Waals surface area contributed by atoms with Crippen LogP contribution in [0.15, 0.2) is 402 Å². The van der Waals surface area contributed by atoms with Gasteiger partial charge in [-0.05, 0) is 118 Å². The minimum atomic E-state index is -0.202. The first-order valence-corrected chi connectivity index (χ1v) is 42.7. The van der Waals surface area contributed by atoms with Crippen molar-refractivity contribution >= 4 is 76.3 Å². The molecule has 0 bridgehead atoms. The average Bonchev–Trinajstić information content (AvgIpc) is 0.764. The molecule has 10 heterocycles. The van der Waals surface area contributed by atoms with Crippen LogP contribution in [0.5, 0.6) is 0 Å². The first kappa shape index (κ1) is 81.2. The third-order valence-corrected chi connectivity index (χ3v) is 23.5. The summed E-state index contributed by atoms with van der Waals surface area (Å²) < 4.78 is 35.7. The van der Waals surface area contributed by atoms with E-state index in [1.165, 1.54) is 132 Å². The second-order valence-electron chi connectivity index (χ2n) is 30.6. The SMILES string of the molecule is CC[n+]1ccc(-c2cc[n+](CC)c3ccccc23)c2ccccc21.CC[n+]1ccc(-c2cc[n+](CC)c3ccccc23)cc1C.CC[n+]1ccc(-c2cc[n+](CC)c3ccccc23)cc1F.C[n+]1ccc(-c2cc[n+](C)c3ccc(-c4ccccc4)cc23)cc1.c1ccc(-[n+]2ccc(-c3cc[n+](-c4ccccc4)c4ccccc34)c3ccccc32)cc1. The molecular weight excluding hydrogens is 1490 g/mol. The van der Waals surface area contributed by atoms with Gasteiger partial charge in [0.2, 0.25) is 50.0 Å². The topological polar surface area (TPSA) is 38.8 Å². The van der Waals surface area contributed by atoms with Gasteiger partial charge in [-0.3, -0.25) is 0 Å². The number of para-hydroxylation sites is 8. The number of fused-ring (bicyclic) bond motifs is 7. The lowest BCUT2D eigenvalue weighted by Crippen LogP contribution is -2.36. The Labute approximate surface area is 715 Å². The van der Waals surface area contributed by atoms with Crippen molar-refractivity contribution in [2.24, 2.45) is 14.1 Å². The fourth-order valence-corrected chi connectivity index (χ4v) is 17.0. The van der Waals surface area contributed by atoms with Crippen LogP contribution in [0.3, 0.4) is 0 Å². The summed E-state index contributed by atoms with van der Waals surface area (Å²) in [6.45, 7) is 20.5. The van der Waals surface area contributed by atoms with Crippen LogP contribution in [0, 0.1) is 12.9 Å². The number of rotatable bonds is 14. The van der Waals surface area contributed by atoms with Gasteiger partial charge in [0.15, 0.2) is 73.9 Å². The molecular formula is C111H105FN10+10. The number of halogens is 1. The van der Waals surface area contributed by atoms with E-state index in [4.69, 9.17) is 0 Å². The first-order valence-electron chi connectivity index (χ1n) is 42.7. The van der Waals surface area contributed by atoms with Crippen molar-refractivity contribution in [2.45, 2.75) is 87.7 Å². The molecule has 10 aromatic heterocycles. The molecule has 0 amide bonds. The Hall–Kier alpha value is -14.6. The normalized spacial score (nSPS) is 11.1. The van der Waals surface area contributed by atoms with E-state index in [0.29, 0.717) is 6.54 Å². The Morgan fingerprint density at radius 1 is 0.213 bits per heavy atom. The van der Waals surface area contributed by atoms with Gasteiger partial charge in [0.25, 0.3) is 0 Å². The van der Waals surface area contributed by atoms with Crippen LogP contribution >= 0.6 is 0 Å². The van der Waals surface area contributed by atoms with E-state index in [9.17, 15) is 4.39 Å². The third-order valence-electron chi connectivity index (χ3n) is 23.5. The Balaban J connectivity index is 0.000000114. The Morgan fingerprint density at radius 3 is 0.926 bits per heavy atom. The van der Waals surface area contributed by atoms with E-state index >= 15 is 0 Å². The average molecular weight is 1600 g/mol. The Bertz CT molecular complexity index is 6800. The molecule has 0 aliphatic heterocycles. The summed E-state index contributed by atoms with van der Waals surface area (Å²) in [5.41, 5.74) is 26.9. The van der Waals surface area contributed by atoms with Crippen molar-refractivity contribution in [1.82, 2.24) is 0 Å². The lowest BCUT2D eigenvalue weighted by molar-refractivity contribution is -0.720. The molecule has 0 unspecified atom stereocenters. The van der Waals surface area contributed by atoms with Gasteiger partial charge in [-0.15, -0.1) is 4.39 Å². The number of pyridine rings is 10. The predicted octanol–water partition coefficient (Wildman–Crippen LogP) is 21.0. The van der Waals surface area contributed by atoms with Gasteiger partial charge < -0.3 is 0 Å². The largest absolute Gasteiger partial charge is 0.360 e. The minimum Gasteiger partial charge on any atom is -0.208 e. The van der Waals surface area contributed by atoms with Crippen LogP contribution in [0.25, 0.3) is 154 Å². The molecule has 0 spiro atoms. The summed E-state index contributed by atoms with van der Waals surface area (Å²) in [4.78, 5) is 0. The zero-order valence-corrected chi connectivity index (χ0v) is 71.2. The van der Waals surface area contributed by atoms with Crippen molar-refractivity contribution in [3.8, 4) is 78.1 Å². The molecule has 122 heavy (non-hydrogen) atoms. The van der Waals surface area contributed by atoms with E-state index < -0.39 is 0 Å². The maximum atomic E-state index is 14.0. The molecule has 10 nitrogen and oxygen atoms in total. The molecule has 0 radical (unpaired) electrons. The highest BCUT2D eigenvalue weighted by Crippen LogP contribution is 2.36. The molecule has 0 atom stereocenters. The van der Waals surface area contributed by atoms with Crippen molar-refractivity contribution in [1.29, 1.82) is 0 Å². The Kier molecular flexibility index (Phi) is 25.0. The summed E-state index contributed by atoms with van der Waals surface area (Å²) in [5.74, 6) is -0.202. The number of aryl methyl sites for hydroxylation is 9. The maximum absolute atomic E-state index is 14.0. The smallest absolute Gasteiger partial charge is 0.208 e. The Morgan fingerprint density at radius 2 is 0.525 bits per heavy atom. The van der Waals surface area contributed by atoms with Crippen LogP contribution in [0.4, 0.5) is 4.39 Å². The zero-order valence-electron chi connectivity index (χ0n) is 71.2. The molecule has 20 aromatic rings. The quantitative estimate of drug-likeness (QED) is 0.0769. The van der Waals surface area contributed by atoms with Crippen molar-refractivity contribution in [3.05, 3.63) is 413 Å². The lowest BCUT2D eigenvalue weighted by atomic mass is 9.97. The van der Waals surface area contributed by atoms with Gasteiger partial charge in [-0.1, -0.05) is 140 Å². The molecule has 0 fully saturated rings. The van der Waals surface area contributed by atoms with Gasteiger partial charge in [-0.25, -0.2) is 13.7 Å². The monoisotopic (exact) mass is 1600 g/mol. The number of nitrogens with zero attached hydrogens (tertiary/aromatic N) is 10. The summed E-state index contributed by atoms with van der Waals surface area (Å²) in [6, 6.07) is 118. The highest BCUT2D eigenvalue weighted by Gasteiger charge is 2.24. The molecule has 20 rings (SSSR count). The highest BCUT2D eigenvalue weighted by atomic mass is 19.1. The van der Waals surface area contributed by atoms with E-state index in [2.05, 4.69) is 461 Å². The molecule has 0 saturated heterocycles. The van der Waals surface area contributed by atoms with Crippen LogP contribution in [-0.4, -0.2) is 0 Å². The van der Waals surface area contributed by atoms with Crippen LogP contribution in [0.1, 0.15) is 47.2 Å². The molecule has 11 heteroatoms. The summed E-state index contributed by atoms with van der Waals surface area (Å²) in [7, 11) is 4.14. The van der Waals surface area contributed by atoms with E-state index in [-0.39, 0.29) is 5.95 Å². The third kappa shape index (κ3) is 17.1. The van der Waals surface area contributed by atoms with Gasteiger partial charge in [-0.2, -0.15) is 32.0 Å². The van der Waals surface area contributed by atoms with E-state index in [0.717, 1.165) is 60.6 Å². The highest BCUT2D eigenvalue weighted by molar-refractivity contribution is 6.04. The second-order valence-corrected chi connectivity index (χ2v) is 30.6. The fourth-order valence-electron chi connectivity index (χ4n) is 17.0. The molecule has 0 aliphatic carbocycles. The summed E-state index contributed by atoms with van der Waals surface area (Å²) >= 11 is 0. The predicted molar refractivity (Wildman–Crippen MR) is 493 cm³/mol. The van der Waals surface area contributed by atoms with E-state index in [1.54, 1.807) is 16.8 Å². The van der Waals surface area contributed by atoms with Gasteiger partial charge in [0.05, 0.1) is 37.7 Å². The second kappa shape index (κ2) is 37.6. The van der Waals surface area contributed by atoms with E-state index in [1.807, 2.05) is 32.2 Å². The number of benzene rings is 10. The molecule has 0 aliphatic rings. The zero-order chi connectivity index (χ0) is 84.0. The van der Waals surface area contributed by atoms with Crippen LogP contribution in [0.2, 0.25) is 0 Å². The maximum Gasteiger partial charge on any atom is 0.360 e. The van der Waals surface area contributed by atoms with Gasteiger partial charge in [0.1, 0.15) is 53.4 Å². The van der Waals surface area contributed by atoms with Crippen molar-refractivity contribution < 1.29 is 50.1 Å². The van der Waals surface area contributed by atoms with Gasteiger partial charge >= 0.3 is 5.95 Å². The van der Waals surface area contributed by atoms with Crippen molar-refractivity contribution in [3.63, 3.8) is 0 Å². The fraction of sp³-hybridized carbons (Fsp3) is 0.135. The lowest BCUT2D eigenvalue weighted by Gasteiger charge is -2.10. The molecule has 0 N–H and O–H groups in total. The molecule has 0 saturated carbocycles. The molecule has 596 valence electrons. The number of hydrogen-bond donors (Lipinski definition) is 0. The first-order chi connectivity index (χ1) is 59.9. The van der Waals surface area contributed by atoms with Crippen molar-refractivity contribution in [2.75, 3.05) is 0 Å². The summed E-state index contributed by atoms with van der Waals surface area (Å²) in [5, 5.41) is 8.83. The summed E-state index contributed by atoms with van der Waals surface area (Å²) in [6.07, 6.45) is 23.3. The number of aromatic nitrogens is 10. The standard InChI is InChI=1S/C30H22N2.C22H20N2.C22H22N2.C19H22N2.C18H19FN2/c1-3-11-23(12-4-1)31-21-19-25(27-15-7-9-17-29(27)31)26-20-22-32(24-13-5-2-6-14-24)30-18-10-8-16-28(26)30;1-23-13-10-18(11-14-23)20-12-15-24(2)22-9-8-19(16-21(20)22)17-6-4-3-5-7-17;1-3-23-15-13-17(19-9-5-7-11-21(19)23)18-14-16-24(4-2)22-12-8-6-10-20(18)22;1-4-20-12-10-16(14-15(20)3)17-11-13-21(5-2)19-9-7-6-8-18(17)19;1-3-20-12-10-15(16-7-5-6-8-17(16)20)14-9-11-21(4-2)18(19)13-14/h1-22H;3-16H,1-2H3;5-16H,3-4H2,1-2H3;6-14H,4-5H2,1-3H3;5-13H,3-4H2,1-2H3/q5*+2. The van der Waals surface area contributed by atoms with Crippen LogP contribution < -0.4 is 45.7 Å². The van der Waals surface area contributed by atoms with Crippen LogP contribution in [-0.2, 0) is 53.4 Å².